The summed E-state index contributed by atoms with van der Waals surface area (Å²) in [5.41, 5.74) is 0.369. The molecule has 0 saturated heterocycles. The summed E-state index contributed by atoms with van der Waals surface area (Å²) in [5, 5.41) is 7.26. The minimum absolute atomic E-state index is 0.366. The Bertz CT molecular complexity index is 602. The van der Waals surface area contributed by atoms with Gasteiger partial charge >= 0.3 is 5.69 Å². The Balaban J connectivity index is 2.74. The van der Waals surface area contributed by atoms with E-state index in [9.17, 15) is 9.59 Å². The first-order valence-corrected chi connectivity index (χ1v) is 5.17. The van der Waals surface area contributed by atoms with Crippen LogP contribution in [-0.4, -0.2) is 26.1 Å². The van der Waals surface area contributed by atoms with E-state index in [1.54, 1.807) is 18.2 Å². The van der Waals surface area contributed by atoms with Crippen molar-refractivity contribution in [3.05, 3.63) is 38.7 Å². The van der Waals surface area contributed by atoms with E-state index in [-0.39, 0.29) is 0 Å². The summed E-state index contributed by atoms with van der Waals surface area (Å²) in [4.78, 5) is 22.6. The topological polar surface area (TPSA) is 69.8 Å². The van der Waals surface area contributed by atoms with Crippen molar-refractivity contribution < 1.29 is 4.79 Å². The van der Waals surface area contributed by atoms with Crippen LogP contribution in [0.2, 0.25) is 0 Å². The lowest BCUT2D eigenvalue weighted by atomic mass is 10.2. The molecule has 0 aliphatic rings. The number of hydrogen-bond donors (Lipinski definition) is 0. The number of halogens is 1. The summed E-state index contributed by atoms with van der Waals surface area (Å²) in [6.45, 7) is 0. The van der Waals surface area contributed by atoms with Crippen molar-refractivity contribution >= 4 is 22.2 Å². The SMILES string of the molecule is Cn1nnn(-c2cccc(Br)c2C=O)c1=O. The summed E-state index contributed by atoms with van der Waals surface area (Å²) in [6.07, 6.45) is 0.667. The average Bonchev–Trinajstić information content (AvgIpc) is 2.59. The maximum atomic E-state index is 11.6. The molecule has 0 atom stereocenters. The van der Waals surface area contributed by atoms with Crippen LogP contribution >= 0.6 is 15.9 Å². The third-order valence-electron chi connectivity index (χ3n) is 2.10. The van der Waals surface area contributed by atoms with Gasteiger partial charge in [-0.3, -0.25) is 4.79 Å². The van der Waals surface area contributed by atoms with Gasteiger partial charge in [-0.05, 0) is 38.5 Å². The van der Waals surface area contributed by atoms with Gasteiger partial charge in [-0.2, -0.15) is 9.36 Å². The molecule has 0 saturated carbocycles. The van der Waals surface area contributed by atoms with Crippen molar-refractivity contribution in [1.82, 2.24) is 19.8 Å². The highest BCUT2D eigenvalue weighted by molar-refractivity contribution is 9.10. The Kier molecular flexibility index (Phi) is 2.69. The minimum atomic E-state index is -0.402. The number of aldehydes is 1. The fourth-order valence-electron chi connectivity index (χ4n) is 1.29. The molecule has 0 spiro atoms. The molecule has 2 aromatic rings. The summed E-state index contributed by atoms with van der Waals surface area (Å²) in [7, 11) is 1.49. The summed E-state index contributed by atoms with van der Waals surface area (Å²) in [6, 6.07) is 5.06. The number of aryl methyl sites for hydroxylation is 1. The van der Waals surface area contributed by atoms with E-state index in [2.05, 4.69) is 26.4 Å². The normalized spacial score (nSPS) is 10.4. The molecule has 0 radical (unpaired) electrons. The Morgan fingerprint density at radius 3 is 2.69 bits per heavy atom. The molecule has 0 amide bonds. The van der Waals surface area contributed by atoms with E-state index in [1.807, 2.05) is 0 Å². The Morgan fingerprint density at radius 2 is 2.12 bits per heavy atom. The van der Waals surface area contributed by atoms with Crippen molar-refractivity contribution in [2.75, 3.05) is 0 Å². The largest absolute Gasteiger partial charge is 0.368 e. The second kappa shape index (κ2) is 4.01. The molecule has 0 aliphatic heterocycles. The molecular weight excluding hydrogens is 276 g/mol. The smallest absolute Gasteiger partial charge is 0.298 e. The van der Waals surface area contributed by atoms with E-state index in [4.69, 9.17) is 0 Å². The summed E-state index contributed by atoms with van der Waals surface area (Å²) >= 11 is 3.23. The molecule has 1 heterocycles. The van der Waals surface area contributed by atoms with Crippen molar-refractivity contribution in [3.63, 3.8) is 0 Å². The fourth-order valence-corrected chi connectivity index (χ4v) is 1.74. The zero-order valence-electron chi connectivity index (χ0n) is 8.29. The standard InChI is InChI=1S/C9H7BrN4O2/c1-13-9(16)14(12-11-13)8-4-2-3-7(10)6(8)5-15/h2-5H,1H3. The van der Waals surface area contributed by atoms with E-state index in [0.717, 1.165) is 9.36 Å². The van der Waals surface area contributed by atoms with Gasteiger partial charge in [0.1, 0.15) is 0 Å². The van der Waals surface area contributed by atoms with Gasteiger partial charge in [0.25, 0.3) is 0 Å². The molecule has 0 fully saturated rings. The quantitative estimate of drug-likeness (QED) is 0.754. The van der Waals surface area contributed by atoms with Gasteiger partial charge in [-0.25, -0.2) is 4.79 Å². The number of carbonyl (C=O) groups is 1. The molecule has 6 nitrogen and oxygen atoms in total. The van der Waals surface area contributed by atoms with Crippen LogP contribution in [0.4, 0.5) is 0 Å². The van der Waals surface area contributed by atoms with Gasteiger partial charge in [0.05, 0.1) is 11.3 Å². The highest BCUT2D eigenvalue weighted by Crippen LogP contribution is 2.20. The number of carbonyl (C=O) groups excluding carboxylic acids is 1. The second-order valence-corrected chi connectivity index (χ2v) is 3.94. The van der Waals surface area contributed by atoms with Crippen LogP contribution in [0.15, 0.2) is 27.5 Å². The summed E-state index contributed by atoms with van der Waals surface area (Å²) < 4.78 is 2.78. The predicted octanol–water partition coefficient (Wildman–Crippen LogP) is 0.541. The van der Waals surface area contributed by atoms with E-state index in [1.165, 1.54) is 7.05 Å². The molecule has 0 bridgehead atoms. The van der Waals surface area contributed by atoms with Gasteiger partial charge in [-0.15, -0.1) is 0 Å². The van der Waals surface area contributed by atoms with Gasteiger partial charge in [-0.1, -0.05) is 6.07 Å². The van der Waals surface area contributed by atoms with Crippen LogP contribution < -0.4 is 5.69 Å². The van der Waals surface area contributed by atoms with Crippen LogP contribution in [0.5, 0.6) is 0 Å². The van der Waals surface area contributed by atoms with Crippen LogP contribution in [0, 0.1) is 0 Å². The Morgan fingerprint density at radius 1 is 1.38 bits per heavy atom. The zero-order chi connectivity index (χ0) is 11.7. The first-order chi connectivity index (χ1) is 7.65. The Hall–Kier alpha value is -1.76. The number of nitrogens with zero attached hydrogens (tertiary/aromatic N) is 4. The number of benzene rings is 1. The van der Waals surface area contributed by atoms with Gasteiger partial charge < -0.3 is 0 Å². The number of hydrogen-bond acceptors (Lipinski definition) is 4. The average molecular weight is 283 g/mol. The molecule has 1 aromatic carbocycles. The monoisotopic (exact) mass is 282 g/mol. The molecule has 0 aliphatic carbocycles. The predicted molar refractivity (Wildman–Crippen MR) is 59.7 cm³/mol. The molecule has 7 heteroatoms. The fraction of sp³-hybridized carbons (Fsp3) is 0.111. The van der Waals surface area contributed by atoms with Crippen LogP contribution in [0.1, 0.15) is 10.4 Å². The highest BCUT2D eigenvalue weighted by Gasteiger charge is 2.12. The third-order valence-corrected chi connectivity index (χ3v) is 2.79. The summed E-state index contributed by atoms with van der Waals surface area (Å²) in [5.74, 6) is 0. The minimum Gasteiger partial charge on any atom is -0.298 e. The molecule has 2 rings (SSSR count). The van der Waals surface area contributed by atoms with E-state index >= 15 is 0 Å². The lowest BCUT2D eigenvalue weighted by molar-refractivity contribution is 0.112. The zero-order valence-corrected chi connectivity index (χ0v) is 9.88. The first kappa shape index (κ1) is 10.7. The van der Waals surface area contributed by atoms with Crippen LogP contribution in [-0.2, 0) is 7.05 Å². The van der Waals surface area contributed by atoms with Crippen molar-refractivity contribution in [2.45, 2.75) is 0 Å². The maximum Gasteiger partial charge on any atom is 0.368 e. The molecule has 0 N–H and O–H groups in total. The van der Waals surface area contributed by atoms with Crippen molar-refractivity contribution in [3.8, 4) is 5.69 Å². The van der Waals surface area contributed by atoms with E-state index < -0.39 is 5.69 Å². The highest BCUT2D eigenvalue weighted by atomic mass is 79.9. The van der Waals surface area contributed by atoms with Gasteiger partial charge in [0.15, 0.2) is 6.29 Å². The molecular formula is C9H7BrN4O2. The Labute approximate surface area is 98.6 Å². The molecule has 16 heavy (non-hydrogen) atoms. The number of aromatic nitrogens is 4. The maximum absolute atomic E-state index is 11.6. The van der Waals surface area contributed by atoms with Crippen molar-refractivity contribution in [2.24, 2.45) is 7.05 Å². The van der Waals surface area contributed by atoms with Crippen LogP contribution in [0.25, 0.3) is 5.69 Å². The third kappa shape index (κ3) is 1.58. The first-order valence-electron chi connectivity index (χ1n) is 4.38. The molecule has 82 valence electrons. The van der Waals surface area contributed by atoms with Gasteiger partial charge in [0, 0.05) is 11.5 Å². The number of tetrazole rings is 1. The van der Waals surface area contributed by atoms with Crippen LogP contribution in [0.3, 0.4) is 0 Å². The lowest BCUT2D eigenvalue weighted by Gasteiger charge is -2.03. The van der Waals surface area contributed by atoms with E-state index in [0.29, 0.717) is 22.0 Å². The molecule has 1 aromatic heterocycles. The lowest BCUT2D eigenvalue weighted by Crippen LogP contribution is -2.22. The van der Waals surface area contributed by atoms with Gasteiger partial charge in [0.2, 0.25) is 0 Å². The number of rotatable bonds is 2. The molecule has 0 unspecified atom stereocenters. The second-order valence-electron chi connectivity index (χ2n) is 3.09. The van der Waals surface area contributed by atoms with Crippen molar-refractivity contribution in [1.29, 1.82) is 0 Å².